The van der Waals surface area contributed by atoms with Crippen molar-refractivity contribution in [3.63, 3.8) is 0 Å². The van der Waals surface area contributed by atoms with E-state index in [4.69, 9.17) is 9.84 Å². The summed E-state index contributed by atoms with van der Waals surface area (Å²) in [6, 6.07) is 9.00. The fourth-order valence-electron chi connectivity index (χ4n) is 3.15. The lowest BCUT2D eigenvalue weighted by Crippen LogP contribution is -2.19. The largest absolute Gasteiger partial charge is 0.395 e. The van der Waals surface area contributed by atoms with Crippen molar-refractivity contribution >= 4 is 5.69 Å². The average molecular weight is 335 g/mol. The second-order valence-electron chi connectivity index (χ2n) is 6.61. The highest BCUT2D eigenvalue weighted by Crippen LogP contribution is 2.20. The summed E-state index contributed by atoms with van der Waals surface area (Å²) in [5.41, 5.74) is 2.73. The number of nitrogens with zero attached hydrogens (tertiary/aromatic N) is 1. The highest BCUT2D eigenvalue weighted by Gasteiger charge is 2.11. The number of hydrogen-bond donors (Lipinski definition) is 2. The molecule has 24 heavy (non-hydrogen) atoms. The predicted octanol–water partition coefficient (Wildman–Crippen LogP) is 2.99. The molecule has 1 heterocycles. The molecule has 0 spiro atoms. The van der Waals surface area contributed by atoms with Crippen LogP contribution < -0.4 is 10.2 Å². The first kappa shape index (κ1) is 19.2. The topological polar surface area (TPSA) is 44.7 Å². The molecule has 1 aromatic carbocycles. The fourth-order valence-corrected chi connectivity index (χ4v) is 3.15. The summed E-state index contributed by atoms with van der Waals surface area (Å²) in [5, 5.41) is 11.9. The van der Waals surface area contributed by atoms with Gasteiger partial charge in [-0.3, -0.25) is 0 Å². The van der Waals surface area contributed by atoms with E-state index in [2.05, 4.69) is 34.5 Å². The van der Waals surface area contributed by atoms with E-state index >= 15 is 0 Å². The van der Waals surface area contributed by atoms with E-state index in [-0.39, 0.29) is 6.61 Å². The third-order valence-corrected chi connectivity index (χ3v) is 4.62. The summed E-state index contributed by atoms with van der Waals surface area (Å²) in [7, 11) is 0. The van der Waals surface area contributed by atoms with Gasteiger partial charge in [0.1, 0.15) is 0 Å². The van der Waals surface area contributed by atoms with Gasteiger partial charge in [-0.2, -0.15) is 0 Å². The van der Waals surface area contributed by atoms with E-state index < -0.39 is 0 Å². The lowest BCUT2D eigenvalue weighted by atomic mass is 10.1. The molecule has 0 atom stereocenters. The molecule has 0 bridgehead atoms. The van der Waals surface area contributed by atoms with E-state index in [9.17, 15) is 0 Å². The molecule has 2 N–H and O–H groups in total. The maximum atomic E-state index is 8.65. The Bertz CT molecular complexity index is 416. The number of rotatable bonds is 13. The highest BCUT2D eigenvalue weighted by atomic mass is 16.5. The quantitative estimate of drug-likeness (QED) is 0.544. The Morgan fingerprint density at radius 1 is 0.917 bits per heavy atom. The van der Waals surface area contributed by atoms with Crippen molar-refractivity contribution in [3.8, 4) is 0 Å². The molecule has 0 radical (unpaired) electrons. The standard InChI is InChI=1S/C20H34N2O2/c23-16-13-21-12-3-1-2-6-17-24-18-11-19-7-9-20(10-8-19)22-14-4-5-15-22/h7-10,21,23H,1-6,11-18H2. The van der Waals surface area contributed by atoms with Gasteiger partial charge < -0.3 is 20.1 Å². The molecule has 0 amide bonds. The van der Waals surface area contributed by atoms with Crippen molar-refractivity contribution in [2.24, 2.45) is 0 Å². The summed E-state index contributed by atoms with van der Waals surface area (Å²) in [4.78, 5) is 2.47. The first-order chi connectivity index (χ1) is 11.9. The number of unbranched alkanes of at least 4 members (excludes halogenated alkanes) is 3. The highest BCUT2D eigenvalue weighted by molar-refractivity contribution is 5.48. The van der Waals surface area contributed by atoms with Crippen molar-refractivity contribution in [2.45, 2.75) is 44.9 Å². The number of anilines is 1. The molecule has 0 unspecified atom stereocenters. The fraction of sp³-hybridized carbons (Fsp3) is 0.700. The van der Waals surface area contributed by atoms with Gasteiger partial charge in [-0.15, -0.1) is 0 Å². The summed E-state index contributed by atoms with van der Waals surface area (Å²) in [5.74, 6) is 0. The van der Waals surface area contributed by atoms with Gasteiger partial charge in [0.05, 0.1) is 13.2 Å². The Labute approximate surface area is 147 Å². The number of ether oxygens (including phenoxy) is 1. The van der Waals surface area contributed by atoms with E-state index in [1.54, 1.807) is 0 Å². The molecule has 1 aliphatic rings. The Kier molecular flexibility index (Phi) is 9.85. The van der Waals surface area contributed by atoms with Crippen molar-refractivity contribution in [2.75, 3.05) is 50.9 Å². The molecule has 1 fully saturated rings. The summed E-state index contributed by atoms with van der Waals surface area (Å²) >= 11 is 0. The first-order valence-electron chi connectivity index (χ1n) is 9.63. The first-order valence-corrected chi connectivity index (χ1v) is 9.63. The van der Waals surface area contributed by atoms with Gasteiger partial charge in [0.2, 0.25) is 0 Å². The van der Waals surface area contributed by atoms with Gasteiger partial charge in [-0.1, -0.05) is 25.0 Å². The van der Waals surface area contributed by atoms with Crippen molar-refractivity contribution in [1.82, 2.24) is 5.32 Å². The van der Waals surface area contributed by atoms with Crippen LogP contribution in [0.3, 0.4) is 0 Å². The number of nitrogens with one attached hydrogen (secondary N) is 1. The molecule has 4 nitrogen and oxygen atoms in total. The van der Waals surface area contributed by atoms with Gasteiger partial charge in [0.25, 0.3) is 0 Å². The number of aliphatic hydroxyl groups excluding tert-OH is 1. The second kappa shape index (κ2) is 12.3. The Morgan fingerprint density at radius 3 is 2.42 bits per heavy atom. The van der Waals surface area contributed by atoms with Crippen LogP contribution in [0.5, 0.6) is 0 Å². The molecule has 4 heteroatoms. The minimum absolute atomic E-state index is 0.231. The van der Waals surface area contributed by atoms with Crippen LogP contribution in [0.2, 0.25) is 0 Å². The van der Waals surface area contributed by atoms with Crippen LogP contribution in [0.4, 0.5) is 5.69 Å². The van der Waals surface area contributed by atoms with Gasteiger partial charge in [0, 0.05) is 31.9 Å². The third kappa shape index (κ3) is 7.65. The molecule has 136 valence electrons. The zero-order valence-electron chi connectivity index (χ0n) is 15.0. The van der Waals surface area contributed by atoms with E-state index in [1.807, 2.05) is 0 Å². The van der Waals surface area contributed by atoms with Crippen LogP contribution in [0, 0.1) is 0 Å². The molecule has 1 aliphatic heterocycles. The van der Waals surface area contributed by atoms with Crippen LogP contribution in [0.1, 0.15) is 44.1 Å². The average Bonchev–Trinajstić information content (AvgIpc) is 3.15. The molecular formula is C20H34N2O2. The monoisotopic (exact) mass is 334 g/mol. The van der Waals surface area contributed by atoms with Crippen molar-refractivity contribution in [3.05, 3.63) is 29.8 Å². The van der Waals surface area contributed by atoms with E-state index in [1.165, 1.54) is 56.4 Å². The molecule has 0 aliphatic carbocycles. The Hall–Kier alpha value is -1.10. The minimum Gasteiger partial charge on any atom is -0.395 e. The molecule has 1 saturated heterocycles. The van der Waals surface area contributed by atoms with Crippen LogP contribution in [0.25, 0.3) is 0 Å². The zero-order valence-corrected chi connectivity index (χ0v) is 15.0. The second-order valence-corrected chi connectivity index (χ2v) is 6.61. The van der Waals surface area contributed by atoms with Gasteiger partial charge >= 0.3 is 0 Å². The molecule has 2 rings (SSSR count). The predicted molar refractivity (Wildman–Crippen MR) is 101 cm³/mol. The molecule has 1 aromatic rings. The lowest BCUT2D eigenvalue weighted by Gasteiger charge is -2.17. The smallest absolute Gasteiger partial charge is 0.0555 e. The normalized spacial score (nSPS) is 14.5. The number of hydrogen-bond acceptors (Lipinski definition) is 4. The van der Waals surface area contributed by atoms with Crippen molar-refractivity contribution < 1.29 is 9.84 Å². The number of benzene rings is 1. The van der Waals surface area contributed by atoms with Crippen LogP contribution in [-0.4, -0.2) is 51.1 Å². The van der Waals surface area contributed by atoms with Gasteiger partial charge in [0.15, 0.2) is 0 Å². The summed E-state index contributed by atoms with van der Waals surface area (Å²) in [6.07, 6.45) is 8.46. The van der Waals surface area contributed by atoms with E-state index in [0.29, 0.717) is 6.54 Å². The van der Waals surface area contributed by atoms with Crippen LogP contribution >= 0.6 is 0 Å². The summed E-state index contributed by atoms with van der Waals surface area (Å²) in [6.45, 7) is 6.06. The maximum Gasteiger partial charge on any atom is 0.0555 e. The minimum atomic E-state index is 0.231. The van der Waals surface area contributed by atoms with Crippen molar-refractivity contribution in [1.29, 1.82) is 0 Å². The Balaban J connectivity index is 1.44. The van der Waals surface area contributed by atoms with Gasteiger partial charge in [-0.05, 0) is 56.3 Å². The molecule has 0 aromatic heterocycles. The number of aliphatic hydroxyl groups is 1. The Morgan fingerprint density at radius 2 is 1.67 bits per heavy atom. The molecular weight excluding hydrogens is 300 g/mol. The SMILES string of the molecule is OCCNCCCCCCOCCc1ccc(N2CCCC2)cc1. The maximum absolute atomic E-state index is 8.65. The zero-order chi connectivity index (χ0) is 16.9. The lowest BCUT2D eigenvalue weighted by molar-refractivity contribution is 0.133. The third-order valence-electron chi connectivity index (χ3n) is 4.62. The summed E-state index contributed by atoms with van der Waals surface area (Å²) < 4.78 is 5.75. The van der Waals surface area contributed by atoms with Crippen LogP contribution in [0.15, 0.2) is 24.3 Å². The van der Waals surface area contributed by atoms with E-state index in [0.717, 1.165) is 32.6 Å². The van der Waals surface area contributed by atoms with Gasteiger partial charge in [-0.25, -0.2) is 0 Å². The van der Waals surface area contributed by atoms with Crippen LogP contribution in [-0.2, 0) is 11.2 Å². The molecule has 0 saturated carbocycles.